The van der Waals surface area contributed by atoms with Gasteiger partial charge in [0.15, 0.2) is 0 Å². The van der Waals surface area contributed by atoms with Crippen molar-refractivity contribution in [1.29, 1.82) is 0 Å². The lowest BCUT2D eigenvalue weighted by Crippen LogP contribution is -2.13. The molecule has 0 saturated carbocycles. The monoisotopic (exact) mass is 233 g/mol. The average Bonchev–Trinajstić information content (AvgIpc) is 2.76. The van der Waals surface area contributed by atoms with Gasteiger partial charge in [-0.25, -0.2) is 9.97 Å². The second-order valence-electron chi connectivity index (χ2n) is 3.80. The second kappa shape index (κ2) is 5.29. The van der Waals surface area contributed by atoms with Gasteiger partial charge in [0.1, 0.15) is 11.6 Å². The SMILES string of the molecule is Cc1nc(NCCCn2ccnc2)cc(=O)[nH]1. The molecule has 2 heterocycles. The summed E-state index contributed by atoms with van der Waals surface area (Å²) in [5.41, 5.74) is -0.130. The van der Waals surface area contributed by atoms with Gasteiger partial charge in [-0.05, 0) is 13.3 Å². The van der Waals surface area contributed by atoms with E-state index in [1.165, 1.54) is 6.07 Å². The summed E-state index contributed by atoms with van der Waals surface area (Å²) < 4.78 is 2.01. The molecule has 0 aliphatic heterocycles. The third-order valence-electron chi connectivity index (χ3n) is 2.32. The lowest BCUT2D eigenvalue weighted by molar-refractivity contribution is 0.660. The van der Waals surface area contributed by atoms with Gasteiger partial charge in [-0.1, -0.05) is 0 Å². The Kier molecular flexibility index (Phi) is 3.54. The zero-order valence-electron chi connectivity index (χ0n) is 9.68. The zero-order valence-corrected chi connectivity index (χ0v) is 9.68. The third-order valence-corrected chi connectivity index (χ3v) is 2.32. The Morgan fingerprint density at radius 1 is 1.53 bits per heavy atom. The van der Waals surface area contributed by atoms with E-state index in [0.29, 0.717) is 11.6 Å². The molecular formula is C11H15N5O. The number of hydrogen-bond acceptors (Lipinski definition) is 4. The zero-order chi connectivity index (χ0) is 12.1. The lowest BCUT2D eigenvalue weighted by Gasteiger charge is -2.06. The topological polar surface area (TPSA) is 75.6 Å². The molecule has 0 unspecified atom stereocenters. The fourth-order valence-electron chi connectivity index (χ4n) is 1.57. The summed E-state index contributed by atoms with van der Waals surface area (Å²) in [4.78, 5) is 21.9. The molecule has 0 saturated heterocycles. The first-order valence-electron chi connectivity index (χ1n) is 5.51. The van der Waals surface area contributed by atoms with Crippen LogP contribution < -0.4 is 10.9 Å². The van der Waals surface area contributed by atoms with E-state index in [0.717, 1.165) is 19.5 Å². The largest absolute Gasteiger partial charge is 0.370 e. The fourth-order valence-corrected chi connectivity index (χ4v) is 1.57. The number of aromatic amines is 1. The van der Waals surface area contributed by atoms with Crippen molar-refractivity contribution in [2.45, 2.75) is 19.9 Å². The molecule has 0 bridgehead atoms. The minimum absolute atomic E-state index is 0.130. The van der Waals surface area contributed by atoms with Crippen molar-refractivity contribution in [2.75, 3.05) is 11.9 Å². The molecule has 0 spiro atoms. The van der Waals surface area contributed by atoms with Gasteiger partial charge >= 0.3 is 0 Å². The molecule has 0 aliphatic rings. The van der Waals surface area contributed by atoms with E-state index < -0.39 is 0 Å². The van der Waals surface area contributed by atoms with Crippen LogP contribution >= 0.6 is 0 Å². The number of imidazole rings is 1. The summed E-state index contributed by atoms with van der Waals surface area (Å²) >= 11 is 0. The first kappa shape index (κ1) is 11.4. The summed E-state index contributed by atoms with van der Waals surface area (Å²) in [6.45, 7) is 3.43. The van der Waals surface area contributed by atoms with E-state index in [9.17, 15) is 4.79 Å². The number of H-pyrrole nitrogens is 1. The normalized spacial score (nSPS) is 10.4. The van der Waals surface area contributed by atoms with E-state index in [-0.39, 0.29) is 5.56 Å². The number of nitrogens with zero attached hydrogens (tertiary/aromatic N) is 3. The van der Waals surface area contributed by atoms with Crippen LogP contribution in [0.1, 0.15) is 12.2 Å². The van der Waals surface area contributed by atoms with E-state index in [1.807, 2.05) is 10.8 Å². The molecule has 0 amide bonds. The van der Waals surface area contributed by atoms with Gasteiger partial charge in [0.05, 0.1) is 6.33 Å². The van der Waals surface area contributed by atoms with Gasteiger partial charge in [0, 0.05) is 31.5 Å². The number of nitrogens with one attached hydrogen (secondary N) is 2. The number of aryl methyl sites for hydroxylation is 2. The standard InChI is InChI=1S/C11H15N5O/c1-9-14-10(7-11(17)15-9)13-3-2-5-16-6-4-12-8-16/h4,6-8H,2-3,5H2,1H3,(H2,13,14,15,17). The molecule has 90 valence electrons. The van der Waals surface area contributed by atoms with E-state index in [1.54, 1.807) is 19.4 Å². The minimum Gasteiger partial charge on any atom is -0.370 e. The average molecular weight is 233 g/mol. The molecule has 0 aromatic carbocycles. The number of rotatable bonds is 5. The Hall–Kier alpha value is -2.11. The van der Waals surface area contributed by atoms with E-state index >= 15 is 0 Å². The second-order valence-corrected chi connectivity index (χ2v) is 3.80. The maximum atomic E-state index is 11.2. The highest BCUT2D eigenvalue weighted by molar-refractivity contribution is 5.32. The molecule has 0 fully saturated rings. The van der Waals surface area contributed by atoms with Gasteiger partial charge in [-0.2, -0.15) is 0 Å². The molecule has 0 atom stereocenters. The number of hydrogen-bond donors (Lipinski definition) is 2. The summed E-state index contributed by atoms with van der Waals surface area (Å²) in [5, 5.41) is 3.12. The van der Waals surface area contributed by atoms with E-state index in [4.69, 9.17) is 0 Å². The molecule has 2 aromatic rings. The van der Waals surface area contributed by atoms with Crippen molar-refractivity contribution >= 4 is 5.82 Å². The van der Waals surface area contributed by atoms with Crippen molar-refractivity contribution < 1.29 is 0 Å². The fraction of sp³-hybridized carbons (Fsp3) is 0.364. The van der Waals surface area contributed by atoms with Crippen LogP contribution in [-0.4, -0.2) is 26.1 Å². The van der Waals surface area contributed by atoms with E-state index in [2.05, 4.69) is 20.3 Å². The van der Waals surface area contributed by atoms with Crippen molar-refractivity contribution in [3.63, 3.8) is 0 Å². The van der Waals surface area contributed by atoms with Gasteiger partial charge in [0.2, 0.25) is 0 Å². The summed E-state index contributed by atoms with van der Waals surface area (Å²) in [6, 6.07) is 1.46. The lowest BCUT2D eigenvalue weighted by atomic mass is 10.4. The molecule has 2 aromatic heterocycles. The van der Waals surface area contributed by atoms with Crippen molar-refractivity contribution in [2.24, 2.45) is 0 Å². The Labute approximate surface area is 98.7 Å². The van der Waals surface area contributed by atoms with Gasteiger partial charge in [-0.3, -0.25) is 4.79 Å². The molecule has 0 aliphatic carbocycles. The summed E-state index contributed by atoms with van der Waals surface area (Å²) in [6.07, 6.45) is 6.42. The van der Waals surface area contributed by atoms with Gasteiger partial charge in [0.25, 0.3) is 5.56 Å². The maximum Gasteiger partial charge on any atom is 0.252 e. The Bertz CT molecular complexity index is 517. The Balaban J connectivity index is 1.80. The molecular weight excluding hydrogens is 218 g/mol. The molecule has 2 N–H and O–H groups in total. The first-order valence-corrected chi connectivity index (χ1v) is 5.51. The predicted octanol–water partition coefficient (Wildman–Crippen LogP) is 0.777. The van der Waals surface area contributed by atoms with Crippen LogP contribution in [0.2, 0.25) is 0 Å². The van der Waals surface area contributed by atoms with Crippen LogP contribution in [0.5, 0.6) is 0 Å². The van der Waals surface area contributed by atoms with Crippen LogP contribution in [0.15, 0.2) is 29.6 Å². The molecule has 17 heavy (non-hydrogen) atoms. The molecule has 6 heteroatoms. The Morgan fingerprint density at radius 3 is 3.12 bits per heavy atom. The summed E-state index contributed by atoms with van der Waals surface area (Å²) in [5.74, 6) is 1.24. The first-order chi connectivity index (χ1) is 8.24. The highest BCUT2D eigenvalue weighted by atomic mass is 16.1. The van der Waals surface area contributed by atoms with Crippen LogP contribution in [0.4, 0.5) is 5.82 Å². The Morgan fingerprint density at radius 2 is 2.41 bits per heavy atom. The van der Waals surface area contributed by atoms with Crippen LogP contribution in [0.3, 0.4) is 0 Å². The summed E-state index contributed by atoms with van der Waals surface area (Å²) in [7, 11) is 0. The highest BCUT2D eigenvalue weighted by Crippen LogP contribution is 1.98. The van der Waals surface area contributed by atoms with Crippen molar-refractivity contribution in [1.82, 2.24) is 19.5 Å². The maximum absolute atomic E-state index is 11.2. The number of anilines is 1. The van der Waals surface area contributed by atoms with Crippen LogP contribution in [0.25, 0.3) is 0 Å². The van der Waals surface area contributed by atoms with Crippen LogP contribution in [-0.2, 0) is 6.54 Å². The quantitative estimate of drug-likeness (QED) is 0.748. The van der Waals surface area contributed by atoms with Gasteiger partial charge < -0.3 is 14.9 Å². The molecule has 2 rings (SSSR count). The molecule has 6 nitrogen and oxygen atoms in total. The van der Waals surface area contributed by atoms with Crippen molar-refractivity contribution in [3.8, 4) is 0 Å². The minimum atomic E-state index is -0.130. The van der Waals surface area contributed by atoms with Gasteiger partial charge in [-0.15, -0.1) is 0 Å². The highest BCUT2D eigenvalue weighted by Gasteiger charge is 1.97. The smallest absolute Gasteiger partial charge is 0.252 e. The third kappa shape index (κ3) is 3.44. The molecule has 0 radical (unpaired) electrons. The predicted molar refractivity (Wildman–Crippen MR) is 64.9 cm³/mol. The van der Waals surface area contributed by atoms with Crippen molar-refractivity contribution in [3.05, 3.63) is 41.0 Å². The number of aromatic nitrogens is 4. The van der Waals surface area contributed by atoms with Crippen LogP contribution in [0, 0.1) is 6.92 Å².